The molecule has 0 atom stereocenters. The van der Waals surface area contributed by atoms with E-state index in [0.29, 0.717) is 41.2 Å². The molecule has 1 fully saturated rings. The van der Waals surface area contributed by atoms with Crippen LogP contribution in [0.1, 0.15) is 63.6 Å². The normalized spacial score (nSPS) is 15.0. The van der Waals surface area contributed by atoms with Gasteiger partial charge in [-0.1, -0.05) is 91.9 Å². The fourth-order valence-electron chi connectivity index (χ4n) is 3.53. The van der Waals surface area contributed by atoms with Gasteiger partial charge in [0.1, 0.15) is 16.7 Å². The van der Waals surface area contributed by atoms with Crippen LogP contribution in [-0.4, -0.2) is 34.2 Å². The third-order valence-corrected chi connectivity index (χ3v) is 7.45. The van der Waals surface area contributed by atoms with E-state index in [4.69, 9.17) is 21.7 Å². The van der Waals surface area contributed by atoms with Crippen LogP contribution in [0.25, 0.3) is 6.08 Å². The molecule has 36 heavy (non-hydrogen) atoms. The van der Waals surface area contributed by atoms with Crippen molar-refractivity contribution in [3.63, 3.8) is 0 Å². The predicted octanol–water partition coefficient (Wildman–Crippen LogP) is 7.26. The molecule has 0 aromatic heterocycles. The molecule has 3 rings (SSSR count). The molecule has 1 heterocycles. The number of thiocarbonyl (C=S) groups is 1. The zero-order valence-corrected chi connectivity index (χ0v) is 24.4. The summed E-state index contributed by atoms with van der Waals surface area (Å²) >= 11 is 10.2. The maximum absolute atomic E-state index is 13.0. The lowest BCUT2D eigenvalue weighted by Crippen LogP contribution is -2.29. The lowest BCUT2D eigenvalue weighted by Gasteiger charge is -2.19. The minimum absolute atomic E-state index is 0.1000. The summed E-state index contributed by atoms with van der Waals surface area (Å²) in [7, 11) is 0. The van der Waals surface area contributed by atoms with Gasteiger partial charge in [0.2, 0.25) is 0 Å². The Morgan fingerprint density at radius 2 is 1.89 bits per heavy atom. The summed E-state index contributed by atoms with van der Waals surface area (Å²) in [5.41, 5.74) is 3.23. The molecule has 0 saturated carbocycles. The molecule has 192 valence electrons. The molecule has 1 aliphatic rings. The maximum Gasteiger partial charge on any atom is 0.305 e. The highest BCUT2D eigenvalue weighted by molar-refractivity contribution is 9.10. The largest absolute Gasteiger partial charge is 0.488 e. The number of benzene rings is 2. The lowest BCUT2D eigenvalue weighted by atomic mass is 9.87. The average Bonchev–Trinajstić information content (AvgIpc) is 3.09. The van der Waals surface area contributed by atoms with Crippen LogP contribution in [0, 0.1) is 0 Å². The van der Waals surface area contributed by atoms with Crippen molar-refractivity contribution < 1.29 is 19.1 Å². The van der Waals surface area contributed by atoms with Crippen molar-refractivity contribution in [2.45, 2.75) is 59.0 Å². The smallest absolute Gasteiger partial charge is 0.305 e. The molecule has 0 aliphatic carbocycles. The molecule has 2 aromatic carbocycles. The van der Waals surface area contributed by atoms with E-state index >= 15 is 0 Å². The molecular weight excluding hydrogens is 558 g/mol. The van der Waals surface area contributed by atoms with Crippen molar-refractivity contribution in [2.75, 3.05) is 13.2 Å². The Balaban J connectivity index is 1.67. The molecule has 1 saturated heterocycles. The van der Waals surface area contributed by atoms with Crippen LogP contribution in [0.4, 0.5) is 0 Å². The summed E-state index contributed by atoms with van der Waals surface area (Å²) < 4.78 is 12.6. The Morgan fingerprint density at radius 3 is 2.56 bits per heavy atom. The van der Waals surface area contributed by atoms with E-state index < -0.39 is 0 Å². The first-order chi connectivity index (χ1) is 17.1. The van der Waals surface area contributed by atoms with Crippen LogP contribution < -0.4 is 4.74 Å². The molecule has 5 nitrogen and oxygen atoms in total. The van der Waals surface area contributed by atoms with E-state index in [1.807, 2.05) is 31.2 Å². The van der Waals surface area contributed by atoms with Gasteiger partial charge in [-0.3, -0.25) is 14.5 Å². The quantitative estimate of drug-likeness (QED) is 0.165. The highest BCUT2D eigenvalue weighted by Gasteiger charge is 2.32. The summed E-state index contributed by atoms with van der Waals surface area (Å²) in [5.74, 6) is 0.277. The van der Waals surface area contributed by atoms with Gasteiger partial charge < -0.3 is 9.47 Å². The van der Waals surface area contributed by atoms with Gasteiger partial charge >= 0.3 is 5.97 Å². The zero-order valence-electron chi connectivity index (χ0n) is 21.1. The van der Waals surface area contributed by atoms with Gasteiger partial charge in [0.15, 0.2) is 0 Å². The Morgan fingerprint density at radius 1 is 1.17 bits per heavy atom. The molecule has 0 unspecified atom stereocenters. The maximum atomic E-state index is 13.0. The van der Waals surface area contributed by atoms with Crippen molar-refractivity contribution in [3.8, 4) is 5.75 Å². The highest BCUT2D eigenvalue weighted by Crippen LogP contribution is 2.35. The molecule has 8 heteroatoms. The number of hydrogen-bond donors (Lipinski definition) is 0. The first kappa shape index (κ1) is 28.4. The van der Waals surface area contributed by atoms with Crippen LogP contribution in [0.2, 0.25) is 0 Å². The number of thioether (sulfide) groups is 1. The summed E-state index contributed by atoms with van der Waals surface area (Å²) in [6.07, 6.45) is 3.37. The number of carbonyl (C=O) groups is 2. The number of hydrogen-bond acceptors (Lipinski definition) is 6. The zero-order chi connectivity index (χ0) is 26.3. The molecule has 0 radical (unpaired) electrons. The van der Waals surface area contributed by atoms with Crippen molar-refractivity contribution in [1.82, 2.24) is 4.90 Å². The van der Waals surface area contributed by atoms with Crippen molar-refractivity contribution in [3.05, 3.63) is 68.5 Å². The molecular formula is C28H32BrNO4S2. The van der Waals surface area contributed by atoms with E-state index in [9.17, 15) is 9.59 Å². The lowest BCUT2D eigenvalue weighted by molar-refractivity contribution is -0.144. The Hall–Kier alpha value is -2.16. The van der Waals surface area contributed by atoms with E-state index in [0.717, 1.165) is 22.0 Å². The molecule has 0 N–H and O–H groups in total. The molecule has 0 bridgehead atoms. The molecule has 2 aromatic rings. The number of nitrogens with zero attached hydrogens (tertiary/aromatic N) is 1. The molecule has 0 spiro atoms. The SMILES string of the molecule is CCCOC(=O)CCCN1C(=O)/C(=C\c2cc(Br)ccc2OCc2ccc(C(C)(C)C)cc2)SC1=S. The van der Waals surface area contributed by atoms with E-state index in [1.54, 1.807) is 4.90 Å². The topological polar surface area (TPSA) is 55.8 Å². The van der Waals surface area contributed by atoms with Crippen LogP contribution in [-0.2, 0) is 26.3 Å². The van der Waals surface area contributed by atoms with Gasteiger partial charge in [0.25, 0.3) is 5.91 Å². The second-order valence-corrected chi connectivity index (χ2v) is 12.2. The third kappa shape index (κ3) is 7.92. The monoisotopic (exact) mass is 589 g/mol. The van der Waals surface area contributed by atoms with Crippen molar-refractivity contribution in [1.29, 1.82) is 0 Å². The van der Waals surface area contributed by atoms with Crippen LogP contribution >= 0.6 is 39.9 Å². The average molecular weight is 591 g/mol. The number of ether oxygens (including phenoxy) is 2. The number of halogens is 1. The van der Waals surface area contributed by atoms with Crippen LogP contribution in [0.3, 0.4) is 0 Å². The fraction of sp³-hybridized carbons (Fsp3) is 0.393. The number of carbonyl (C=O) groups excluding carboxylic acids is 2. The Bertz CT molecular complexity index is 1140. The Kier molecular flexibility index (Phi) is 10.2. The van der Waals surface area contributed by atoms with Crippen molar-refractivity contribution in [2.24, 2.45) is 0 Å². The summed E-state index contributed by atoms with van der Waals surface area (Å²) in [6.45, 7) is 9.75. The number of rotatable bonds is 10. The second-order valence-electron chi connectivity index (χ2n) is 9.58. The highest BCUT2D eigenvalue weighted by atomic mass is 79.9. The minimum Gasteiger partial charge on any atom is -0.488 e. The van der Waals surface area contributed by atoms with E-state index in [2.05, 4.69) is 61.0 Å². The van der Waals surface area contributed by atoms with Gasteiger partial charge in [-0.25, -0.2) is 0 Å². The van der Waals surface area contributed by atoms with E-state index in [-0.39, 0.29) is 23.7 Å². The van der Waals surface area contributed by atoms with Crippen LogP contribution in [0.5, 0.6) is 5.75 Å². The van der Waals surface area contributed by atoms with Crippen LogP contribution in [0.15, 0.2) is 51.8 Å². The predicted molar refractivity (Wildman–Crippen MR) is 154 cm³/mol. The van der Waals surface area contributed by atoms with Gasteiger partial charge in [-0.15, -0.1) is 0 Å². The van der Waals surface area contributed by atoms with Gasteiger partial charge in [-0.05, 0) is 53.7 Å². The first-order valence-corrected chi connectivity index (χ1v) is 14.0. The summed E-state index contributed by atoms with van der Waals surface area (Å²) in [4.78, 5) is 26.9. The fourth-order valence-corrected chi connectivity index (χ4v) is 5.21. The van der Waals surface area contributed by atoms with E-state index in [1.165, 1.54) is 17.3 Å². The first-order valence-electron chi connectivity index (χ1n) is 12.0. The second kappa shape index (κ2) is 12.9. The Labute approximate surface area is 231 Å². The van der Waals surface area contributed by atoms with Gasteiger partial charge in [0.05, 0.1) is 11.5 Å². The summed E-state index contributed by atoms with van der Waals surface area (Å²) in [6, 6.07) is 14.2. The standard InChI is InChI=1S/C28H32BrNO4S2/c1-5-15-33-25(31)7-6-14-30-26(32)24(36-27(30)35)17-20-16-22(29)12-13-23(20)34-18-19-8-10-21(11-9-19)28(2,3)4/h8-13,16-17H,5-7,14-15,18H2,1-4H3/b24-17+. The van der Waals surface area contributed by atoms with Crippen molar-refractivity contribution >= 4 is 62.2 Å². The third-order valence-electron chi connectivity index (χ3n) is 5.58. The molecule has 1 aliphatic heterocycles. The van der Waals surface area contributed by atoms with Gasteiger partial charge in [0, 0.05) is 23.0 Å². The summed E-state index contributed by atoms with van der Waals surface area (Å²) in [5, 5.41) is 0. The number of amides is 1. The minimum atomic E-state index is -0.248. The van der Waals surface area contributed by atoms with Gasteiger partial charge in [-0.2, -0.15) is 0 Å². The number of esters is 1. The molecule has 1 amide bonds.